The first-order valence-corrected chi connectivity index (χ1v) is 11.3. The van der Waals surface area contributed by atoms with Crippen molar-refractivity contribution < 1.29 is 9.53 Å². The molecule has 2 heterocycles. The van der Waals surface area contributed by atoms with Gasteiger partial charge in [0.15, 0.2) is 11.2 Å². The van der Waals surface area contributed by atoms with E-state index in [1.807, 2.05) is 90.7 Å². The summed E-state index contributed by atoms with van der Waals surface area (Å²) in [5.41, 5.74) is 1.68. The summed E-state index contributed by atoms with van der Waals surface area (Å²) in [4.78, 5) is 16.1. The molecule has 0 N–H and O–H groups in total. The van der Waals surface area contributed by atoms with Crippen LogP contribution in [-0.4, -0.2) is 24.5 Å². The van der Waals surface area contributed by atoms with Gasteiger partial charge in [0.05, 0.1) is 24.8 Å². The van der Waals surface area contributed by atoms with Crippen LogP contribution in [0.2, 0.25) is 0 Å². The average Bonchev–Trinajstić information content (AvgIpc) is 3.20. The van der Waals surface area contributed by atoms with Gasteiger partial charge in [-0.1, -0.05) is 72.8 Å². The van der Waals surface area contributed by atoms with Gasteiger partial charge in [-0.3, -0.25) is 4.79 Å². The summed E-state index contributed by atoms with van der Waals surface area (Å²) in [6, 6.07) is 27.7. The number of carbonyl (C=O) groups is 1. The number of anilines is 1. The Balaban J connectivity index is 1.74. The van der Waals surface area contributed by atoms with Crippen LogP contribution < -0.4 is 9.64 Å². The van der Waals surface area contributed by atoms with E-state index < -0.39 is 23.4 Å². The molecule has 3 aromatic rings. The fourth-order valence-corrected chi connectivity index (χ4v) is 5.32. The number of fused-ring (bicyclic) bond motifs is 3. The van der Waals surface area contributed by atoms with Crippen LogP contribution in [0.1, 0.15) is 34.3 Å². The van der Waals surface area contributed by atoms with Crippen molar-refractivity contribution >= 4 is 17.5 Å². The van der Waals surface area contributed by atoms with Crippen molar-refractivity contribution in [3.63, 3.8) is 0 Å². The third kappa shape index (κ3) is 3.17. The molecule has 0 bridgehead atoms. The Morgan fingerprint density at radius 3 is 2.32 bits per heavy atom. The van der Waals surface area contributed by atoms with Crippen LogP contribution in [0.5, 0.6) is 5.75 Å². The monoisotopic (exact) mass is 445 g/mol. The van der Waals surface area contributed by atoms with E-state index in [-0.39, 0.29) is 5.78 Å². The number of benzene rings is 3. The van der Waals surface area contributed by atoms with E-state index in [1.165, 1.54) is 0 Å². The highest BCUT2D eigenvalue weighted by atomic mass is 16.5. The lowest BCUT2D eigenvalue weighted by atomic mass is 9.69. The number of nitrogens with zero attached hydrogens (tertiary/aromatic N) is 3. The molecule has 0 radical (unpaired) electrons. The molecule has 0 spiro atoms. The molecular formula is C29H23N3O2. The molecule has 2 aliphatic heterocycles. The highest BCUT2D eigenvalue weighted by Crippen LogP contribution is 2.55. The van der Waals surface area contributed by atoms with Gasteiger partial charge in [0.1, 0.15) is 11.8 Å². The minimum Gasteiger partial charge on any atom is -0.494 e. The molecule has 3 atom stereocenters. The van der Waals surface area contributed by atoms with Gasteiger partial charge >= 0.3 is 0 Å². The van der Waals surface area contributed by atoms with Gasteiger partial charge in [0.25, 0.3) is 0 Å². The van der Waals surface area contributed by atoms with Crippen LogP contribution >= 0.6 is 0 Å². The number of Topliss-reactive ketones (excluding diaryl/α,β-unsaturated/α-hetero) is 1. The zero-order chi connectivity index (χ0) is 23.7. The third-order valence-electron chi connectivity index (χ3n) is 6.79. The summed E-state index contributed by atoms with van der Waals surface area (Å²) in [5.74, 6) is -0.0636. The second kappa shape index (κ2) is 8.54. The predicted molar refractivity (Wildman–Crippen MR) is 130 cm³/mol. The molecule has 1 saturated heterocycles. The van der Waals surface area contributed by atoms with Gasteiger partial charge in [-0.05, 0) is 36.2 Å². The summed E-state index contributed by atoms with van der Waals surface area (Å²) in [6.07, 6.45) is 3.85. The second-order valence-corrected chi connectivity index (χ2v) is 8.52. The molecule has 5 rings (SSSR count). The maximum absolute atomic E-state index is 14.1. The number of para-hydroxylation sites is 1. The molecule has 0 amide bonds. The quantitative estimate of drug-likeness (QED) is 0.494. The molecule has 1 fully saturated rings. The van der Waals surface area contributed by atoms with Gasteiger partial charge in [-0.2, -0.15) is 10.5 Å². The summed E-state index contributed by atoms with van der Waals surface area (Å²) < 4.78 is 5.59. The number of rotatable bonds is 5. The van der Waals surface area contributed by atoms with Gasteiger partial charge in [-0.15, -0.1) is 0 Å². The largest absolute Gasteiger partial charge is 0.494 e. The van der Waals surface area contributed by atoms with Crippen LogP contribution in [0.4, 0.5) is 5.69 Å². The lowest BCUT2D eigenvalue weighted by molar-refractivity contribution is 0.0951. The van der Waals surface area contributed by atoms with Gasteiger partial charge < -0.3 is 9.64 Å². The van der Waals surface area contributed by atoms with Crippen molar-refractivity contribution in [2.24, 2.45) is 5.41 Å². The number of carbonyl (C=O) groups excluding carboxylic acids is 1. The summed E-state index contributed by atoms with van der Waals surface area (Å²) >= 11 is 0. The Labute approximate surface area is 199 Å². The van der Waals surface area contributed by atoms with E-state index in [2.05, 4.69) is 12.1 Å². The van der Waals surface area contributed by atoms with Crippen molar-refractivity contribution in [3.05, 3.63) is 102 Å². The number of hydrogen-bond acceptors (Lipinski definition) is 5. The molecule has 0 saturated carbocycles. The molecule has 166 valence electrons. The van der Waals surface area contributed by atoms with Gasteiger partial charge in [-0.25, -0.2) is 0 Å². The summed E-state index contributed by atoms with van der Waals surface area (Å²) in [6.45, 7) is 2.45. The van der Waals surface area contributed by atoms with Crippen LogP contribution in [0.3, 0.4) is 0 Å². The molecule has 5 nitrogen and oxygen atoms in total. The molecule has 0 aromatic heterocycles. The Morgan fingerprint density at radius 1 is 0.971 bits per heavy atom. The smallest absolute Gasteiger partial charge is 0.185 e. The highest BCUT2D eigenvalue weighted by Gasteiger charge is 2.63. The predicted octanol–water partition coefficient (Wildman–Crippen LogP) is 5.37. The van der Waals surface area contributed by atoms with Crippen molar-refractivity contribution in [1.82, 2.24) is 0 Å². The molecular weight excluding hydrogens is 422 g/mol. The minimum atomic E-state index is -1.45. The van der Waals surface area contributed by atoms with Gasteiger partial charge in [0, 0.05) is 17.2 Å². The Bertz CT molecular complexity index is 1320. The van der Waals surface area contributed by atoms with Crippen LogP contribution in [0.15, 0.2) is 84.9 Å². The van der Waals surface area contributed by atoms with Crippen molar-refractivity contribution in [3.8, 4) is 17.9 Å². The fourth-order valence-electron chi connectivity index (χ4n) is 5.32. The zero-order valence-corrected chi connectivity index (χ0v) is 18.8. The number of ether oxygens (including phenoxy) is 1. The van der Waals surface area contributed by atoms with Crippen LogP contribution in [0, 0.1) is 28.1 Å². The number of nitriles is 2. The van der Waals surface area contributed by atoms with E-state index in [0.717, 1.165) is 16.8 Å². The Kier molecular flexibility index (Phi) is 5.40. The maximum atomic E-state index is 14.1. The highest BCUT2D eigenvalue weighted by molar-refractivity contribution is 6.04. The standard InChI is InChI=1S/C29H23N3O2/c1-2-34-23-15-12-21(13-16-23)26-27(28(33)22-9-4-3-5-10-22)32-24-11-7-6-8-20(24)14-17-25(32)29(26,18-30)19-31/h3-17,25-27H,2H2,1H3. The lowest BCUT2D eigenvalue weighted by Gasteiger charge is -2.35. The second-order valence-electron chi connectivity index (χ2n) is 8.52. The van der Waals surface area contributed by atoms with E-state index in [4.69, 9.17) is 4.74 Å². The molecule has 34 heavy (non-hydrogen) atoms. The van der Waals surface area contributed by atoms with Gasteiger partial charge in [0.2, 0.25) is 0 Å². The summed E-state index contributed by atoms with van der Waals surface area (Å²) in [5, 5.41) is 21.0. The van der Waals surface area contributed by atoms with Crippen molar-refractivity contribution in [2.45, 2.75) is 24.9 Å². The average molecular weight is 446 g/mol. The molecule has 5 heteroatoms. The van der Waals surface area contributed by atoms with Crippen molar-refractivity contribution in [2.75, 3.05) is 11.5 Å². The number of hydrogen-bond donors (Lipinski definition) is 0. The first-order valence-electron chi connectivity index (χ1n) is 11.3. The topological polar surface area (TPSA) is 77.1 Å². The molecule has 2 aliphatic rings. The lowest BCUT2D eigenvalue weighted by Crippen LogP contribution is -2.44. The van der Waals surface area contributed by atoms with Crippen molar-refractivity contribution in [1.29, 1.82) is 10.5 Å². The normalized spacial score (nSPS) is 21.6. The van der Waals surface area contributed by atoms with Crippen LogP contribution in [-0.2, 0) is 0 Å². The maximum Gasteiger partial charge on any atom is 0.185 e. The summed E-state index contributed by atoms with van der Waals surface area (Å²) in [7, 11) is 0. The zero-order valence-electron chi connectivity index (χ0n) is 18.8. The van der Waals surface area contributed by atoms with Crippen LogP contribution in [0.25, 0.3) is 6.08 Å². The molecule has 3 aromatic carbocycles. The van der Waals surface area contributed by atoms with E-state index in [9.17, 15) is 15.3 Å². The fraction of sp³-hybridized carbons (Fsp3) is 0.207. The number of ketones is 1. The Hall–Kier alpha value is -4.35. The van der Waals surface area contributed by atoms with E-state index in [0.29, 0.717) is 17.9 Å². The van der Waals surface area contributed by atoms with E-state index >= 15 is 0 Å². The first-order chi connectivity index (χ1) is 16.6. The minimum absolute atomic E-state index is 0.109. The van der Waals surface area contributed by atoms with E-state index in [1.54, 1.807) is 12.1 Å². The first kappa shape index (κ1) is 21.5. The Morgan fingerprint density at radius 2 is 1.65 bits per heavy atom. The molecule has 0 aliphatic carbocycles. The third-order valence-corrected chi connectivity index (χ3v) is 6.79. The molecule has 3 unspecified atom stereocenters. The SMILES string of the molecule is CCOc1ccc(C2C(C(=O)c3ccccc3)N3c4ccccc4C=CC3C2(C#N)C#N)cc1.